The Balaban J connectivity index is 2.39. The summed E-state index contributed by atoms with van der Waals surface area (Å²) in [7, 11) is 1.79. The highest BCUT2D eigenvalue weighted by Gasteiger charge is 2.24. The highest BCUT2D eigenvalue weighted by molar-refractivity contribution is 5.80. The molecular weight excluding hydrogens is 264 g/mol. The summed E-state index contributed by atoms with van der Waals surface area (Å²) >= 11 is 0. The number of ether oxygens (including phenoxy) is 1. The standard InChI is InChI=1S/C16H34N4O/c1-5-17-16(18-10-8-11-19(6-2)7-3)20-12-9-15(13-20)14-21-4/h15H,5-14H2,1-4H3,(H,17,18). The second-order valence-corrected chi connectivity index (χ2v) is 5.67. The van der Waals surface area contributed by atoms with Crippen molar-refractivity contribution < 1.29 is 4.74 Å². The van der Waals surface area contributed by atoms with Crippen molar-refractivity contribution in [3.8, 4) is 0 Å². The molecule has 0 aromatic rings. The SMILES string of the molecule is CCNC(=NCCCN(CC)CC)N1CCC(COC)C1. The van der Waals surface area contributed by atoms with Crippen LogP contribution in [0.5, 0.6) is 0 Å². The van der Waals surface area contributed by atoms with Crippen LogP contribution in [0.25, 0.3) is 0 Å². The third kappa shape index (κ3) is 6.66. The molecule has 1 N–H and O–H groups in total. The summed E-state index contributed by atoms with van der Waals surface area (Å²) in [6.45, 7) is 14.8. The summed E-state index contributed by atoms with van der Waals surface area (Å²) in [6.07, 6.45) is 2.34. The third-order valence-electron chi connectivity index (χ3n) is 4.11. The van der Waals surface area contributed by atoms with Crippen LogP contribution >= 0.6 is 0 Å². The fourth-order valence-electron chi connectivity index (χ4n) is 2.84. The number of hydrogen-bond acceptors (Lipinski definition) is 3. The number of methoxy groups -OCH3 is 1. The molecule has 0 radical (unpaired) electrons. The van der Waals surface area contributed by atoms with E-state index in [0.717, 1.165) is 64.8 Å². The molecule has 0 saturated carbocycles. The molecule has 0 spiro atoms. The molecule has 1 unspecified atom stereocenters. The van der Waals surface area contributed by atoms with Gasteiger partial charge in [0.1, 0.15) is 0 Å². The van der Waals surface area contributed by atoms with E-state index < -0.39 is 0 Å². The molecule has 1 fully saturated rings. The van der Waals surface area contributed by atoms with Gasteiger partial charge in [0.2, 0.25) is 0 Å². The number of hydrogen-bond donors (Lipinski definition) is 1. The van der Waals surface area contributed by atoms with Crippen LogP contribution in [0.4, 0.5) is 0 Å². The molecule has 21 heavy (non-hydrogen) atoms. The van der Waals surface area contributed by atoms with Gasteiger partial charge in [-0.25, -0.2) is 0 Å². The Morgan fingerprint density at radius 1 is 1.33 bits per heavy atom. The molecule has 0 bridgehead atoms. The van der Waals surface area contributed by atoms with E-state index in [1.807, 2.05) is 0 Å². The second-order valence-electron chi connectivity index (χ2n) is 5.67. The zero-order valence-corrected chi connectivity index (χ0v) is 14.4. The number of rotatable bonds is 9. The van der Waals surface area contributed by atoms with E-state index in [1.54, 1.807) is 7.11 Å². The molecule has 0 aromatic carbocycles. The summed E-state index contributed by atoms with van der Waals surface area (Å²) in [5, 5.41) is 3.42. The monoisotopic (exact) mass is 298 g/mol. The molecule has 1 aliphatic heterocycles. The molecule has 1 atom stereocenters. The highest BCUT2D eigenvalue weighted by Crippen LogP contribution is 2.16. The predicted molar refractivity (Wildman–Crippen MR) is 89.9 cm³/mol. The fourth-order valence-corrected chi connectivity index (χ4v) is 2.84. The summed E-state index contributed by atoms with van der Waals surface area (Å²) in [5.41, 5.74) is 0. The van der Waals surface area contributed by atoms with E-state index in [-0.39, 0.29) is 0 Å². The minimum absolute atomic E-state index is 0.648. The van der Waals surface area contributed by atoms with Gasteiger partial charge >= 0.3 is 0 Å². The van der Waals surface area contributed by atoms with Gasteiger partial charge in [0.15, 0.2) is 5.96 Å². The van der Waals surface area contributed by atoms with Crippen LogP contribution in [0.3, 0.4) is 0 Å². The van der Waals surface area contributed by atoms with E-state index in [2.05, 4.69) is 35.9 Å². The first kappa shape index (κ1) is 18.2. The number of likely N-dealkylation sites (tertiary alicyclic amines) is 1. The van der Waals surface area contributed by atoms with E-state index in [1.165, 1.54) is 6.42 Å². The van der Waals surface area contributed by atoms with Crippen LogP contribution in [0.1, 0.15) is 33.6 Å². The first-order valence-corrected chi connectivity index (χ1v) is 8.49. The van der Waals surface area contributed by atoms with Gasteiger partial charge in [-0.3, -0.25) is 4.99 Å². The maximum absolute atomic E-state index is 5.27. The lowest BCUT2D eigenvalue weighted by molar-refractivity contribution is 0.157. The van der Waals surface area contributed by atoms with Crippen LogP contribution in [0.2, 0.25) is 0 Å². The fraction of sp³-hybridized carbons (Fsp3) is 0.938. The maximum Gasteiger partial charge on any atom is 0.193 e. The lowest BCUT2D eigenvalue weighted by atomic mass is 10.1. The first-order chi connectivity index (χ1) is 10.2. The van der Waals surface area contributed by atoms with Gasteiger partial charge in [-0.1, -0.05) is 13.8 Å². The van der Waals surface area contributed by atoms with Gasteiger partial charge in [0.25, 0.3) is 0 Å². The van der Waals surface area contributed by atoms with Crippen molar-refractivity contribution in [2.45, 2.75) is 33.6 Å². The lowest BCUT2D eigenvalue weighted by Gasteiger charge is -2.22. The zero-order valence-electron chi connectivity index (χ0n) is 14.4. The van der Waals surface area contributed by atoms with Crippen molar-refractivity contribution >= 4 is 5.96 Å². The maximum atomic E-state index is 5.27. The molecule has 1 saturated heterocycles. The summed E-state index contributed by atoms with van der Waals surface area (Å²) in [5.74, 6) is 1.73. The van der Waals surface area contributed by atoms with Crippen LogP contribution in [-0.2, 0) is 4.74 Å². The Kier molecular flexibility index (Phi) is 9.42. The van der Waals surface area contributed by atoms with E-state index >= 15 is 0 Å². The third-order valence-corrected chi connectivity index (χ3v) is 4.11. The minimum atomic E-state index is 0.648. The summed E-state index contributed by atoms with van der Waals surface area (Å²) < 4.78 is 5.27. The number of aliphatic imine (C=N–C) groups is 1. The van der Waals surface area contributed by atoms with Crippen LogP contribution < -0.4 is 5.32 Å². The number of nitrogens with zero attached hydrogens (tertiary/aromatic N) is 3. The molecule has 1 rings (SSSR count). The zero-order chi connectivity index (χ0) is 15.5. The highest BCUT2D eigenvalue weighted by atomic mass is 16.5. The average Bonchev–Trinajstić information content (AvgIpc) is 2.95. The van der Waals surface area contributed by atoms with Crippen molar-refractivity contribution in [1.82, 2.24) is 15.1 Å². The summed E-state index contributed by atoms with van der Waals surface area (Å²) in [6, 6.07) is 0. The first-order valence-electron chi connectivity index (χ1n) is 8.49. The minimum Gasteiger partial charge on any atom is -0.384 e. The quantitative estimate of drug-likeness (QED) is 0.399. The van der Waals surface area contributed by atoms with E-state index in [0.29, 0.717) is 5.92 Å². The van der Waals surface area contributed by atoms with Crippen LogP contribution in [-0.4, -0.2) is 75.3 Å². The molecule has 124 valence electrons. The number of guanidine groups is 1. The Labute approximate surface area is 130 Å². The van der Waals surface area contributed by atoms with Crippen LogP contribution in [0, 0.1) is 5.92 Å². The van der Waals surface area contributed by atoms with Gasteiger partial charge in [-0.15, -0.1) is 0 Å². The molecule has 1 heterocycles. The van der Waals surface area contributed by atoms with Gasteiger partial charge < -0.3 is 19.9 Å². The summed E-state index contributed by atoms with van der Waals surface area (Å²) in [4.78, 5) is 9.63. The Bertz CT molecular complexity index is 292. The molecule has 0 aliphatic carbocycles. The second kappa shape index (κ2) is 10.9. The Hall–Kier alpha value is -0.810. The molecule has 0 amide bonds. The molecule has 5 nitrogen and oxygen atoms in total. The van der Waals surface area contributed by atoms with Crippen molar-refractivity contribution in [1.29, 1.82) is 0 Å². The topological polar surface area (TPSA) is 40.1 Å². The van der Waals surface area contributed by atoms with E-state index in [4.69, 9.17) is 9.73 Å². The largest absolute Gasteiger partial charge is 0.384 e. The van der Waals surface area contributed by atoms with Crippen molar-refractivity contribution in [3.05, 3.63) is 0 Å². The predicted octanol–water partition coefficient (Wildman–Crippen LogP) is 1.65. The lowest BCUT2D eigenvalue weighted by Crippen LogP contribution is -2.40. The van der Waals surface area contributed by atoms with Gasteiger partial charge in [0, 0.05) is 39.2 Å². The van der Waals surface area contributed by atoms with Gasteiger partial charge in [-0.05, 0) is 39.4 Å². The Morgan fingerprint density at radius 3 is 2.71 bits per heavy atom. The van der Waals surface area contributed by atoms with Gasteiger partial charge in [0.05, 0.1) is 6.61 Å². The molecule has 5 heteroatoms. The molecular formula is C16H34N4O. The van der Waals surface area contributed by atoms with Crippen molar-refractivity contribution in [3.63, 3.8) is 0 Å². The number of nitrogens with one attached hydrogen (secondary N) is 1. The van der Waals surface area contributed by atoms with Crippen molar-refractivity contribution in [2.75, 3.05) is 59.5 Å². The molecule has 0 aromatic heterocycles. The van der Waals surface area contributed by atoms with E-state index in [9.17, 15) is 0 Å². The molecule has 1 aliphatic rings. The Morgan fingerprint density at radius 2 is 2.10 bits per heavy atom. The van der Waals surface area contributed by atoms with Crippen molar-refractivity contribution in [2.24, 2.45) is 10.9 Å². The normalized spacial score (nSPS) is 19.6. The van der Waals surface area contributed by atoms with Gasteiger partial charge in [-0.2, -0.15) is 0 Å². The smallest absolute Gasteiger partial charge is 0.193 e. The average molecular weight is 298 g/mol. The van der Waals surface area contributed by atoms with Crippen LogP contribution in [0.15, 0.2) is 4.99 Å².